The van der Waals surface area contributed by atoms with Gasteiger partial charge in [0.1, 0.15) is 5.82 Å². The third kappa shape index (κ3) is 5.81. The van der Waals surface area contributed by atoms with E-state index in [4.69, 9.17) is 5.11 Å². The number of hydrogen-bond donors (Lipinski definition) is 2. The highest BCUT2D eigenvalue weighted by molar-refractivity contribution is 9.10. The van der Waals surface area contributed by atoms with Gasteiger partial charge < -0.3 is 10.4 Å². The molecule has 21 heavy (non-hydrogen) atoms. The lowest BCUT2D eigenvalue weighted by molar-refractivity contribution is -0.142. The number of carboxylic acid groups (broad SMARTS) is 1. The van der Waals surface area contributed by atoms with Crippen molar-refractivity contribution in [2.45, 2.75) is 13.8 Å². The lowest BCUT2D eigenvalue weighted by Gasteiger charge is -2.21. The number of hydrogen-bond acceptors (Lipinski definition) is 3. The van der Waals surface area contributed by atoms with Crippen LogP contribution in [-0.2, 0) is 9.59 Å². The van der Waals surface area contributed by atoms with Crippen molar-refractivity contribution >= 4 is 33.5 Å². The molecule has 1 atom stereocenters. The molecule has 0 saturated heterocycles. The first-order valence-corrected chi connectivity index (χ1v) is 7.32. The van der Waals surface area contributed by atoms with Gasteiger partial charge in [0.15, 0.2) is 0 Å². The van der Waals surface area contributed by atoms with Crippen LogP contribution in [0.1, 0.15) is 13.8 Å². The molecule has 0 fully saturated rings. The molecular weight excluding hydrogens is 343 g/mol. The number of carbonyl (C=O) groups excluding carboxylic acids is 1. The van der Waals surface area contributed by atoms with Gasteiger partial charge in [-0.3, -0.25) is 14.5 Å². The molecule has 7 heteroatoms. The number of benzene rings is 1. The van der Waals surface area contributed by atoms with Crippen LogP contribution in [0, 0.1) is 11.7 Å². The molecule has 0 bridgehead atoms. The molecule has 1 aromatic rings. The molecule has 0 heterocycles. The van der Waals surface area contributed by atoms with Crippen molar-refractivity contribution in [2.75, 3.05) is 25.0 Å². The van der Waals surface area contributed by atoms with Crippen molar-refractivity contribution in [1.82, 2.24) is 4.90 Å². The first kappa shape index (κ1) is 17.6. The maximum Gasteiger partial charge on any atom is 0.307 e. The SMILES string of the molecule is CCN(CC(=O)Nc1ccc(Br)cc1F)CC(C)C(=O)O. The summed E-state index contributed by atoms with van der Waals surface area (Å²) in [7, 11) is 0. The molecule has 0 saturated carbocycles. The fourth-order valence-corrected chi connectivity index (χ4v) is 2.09. The number of anilines is 1. The summed E-state index contributed by atoms with van der Waals surface area (Å²) >= 11 is 3.14. The summed E-state index contributed by atoms with van der Waals surface area (Å²) in [5, 5.41) is 11.4. The van der Waals surface area contributed by atoms with Gasteiger partial charge in [0.2, 0.25) is 5.91 Å². The molecule has 0 radical (unpaired) electrons. The van der Waals surface area contributed by atoms with Gasteiger partial charge in [0.05, 0.1) is 18.2 Å². The standard InChI is InChI=1S/C14H18BrFN2O3/c1-3-18(7-9(2)14(20)21)8-13(19)17-12-5-4-10(15)6-11(12)16/h4-6,9H,3,7-8H2,1-2H3,(H,17,19)(H,20,21). The Morgan fingerprint density at radius 3 is 2.67 bits per heavy atom. The predicted molar refractivity (Wildman–Crippen MR) is 81.6 cm³/mol. The Bertz CT molecular complexity index is 525. The van der Waals surface area contributed by atoms with E-state index in [0.717, 1.165) is 0 Å². The normalized spacial score (nSPS) is 12.2. The van der Waals surface area contributed by atoms with Gasteiger partial charge in [-0.2, -0.15) is 0 Å². The molecule has 1 amide bonds. The largest absolute Gasteiger partial charge is 0.481 e. The van der Waals surface area contributed by atoms with Crippen LogP contribution in [-0.4, -0.2) is 41.5 Å². The summed E-state index contributed by atoms with van der Waals surface area (Å²) in [5.41, 5.74) is 0.102. The Hall–Kier alpha value is -1.47. The predicted octanol–water partition coefficient (Wildman–Crippen LogP) is 2.57. The van der Waals surface area contributed by atoms with Gasteiger partial charge in [-0.25, -0.2) is 4.39 Å². The lowest BCUT2D eigenvalue weighted by atomic mass is 10.1. The van der Waals surface area contributed by atoms with Crippen LogP contribution in [0.2, 0.25) is 0 Å². The Balaban J connectivity index is 2.60. The Labute approximate surface area is 131 Å². The van der Waals surface area contributed by atoms with Gasteiger partial charge in [-0.05, 0) is 24.7 Å². The zero-order valence-corrected chi connectivity index (χ0v) is 13.5. The van der Waals surface area contributed by atoms with Crippen molar-refractivity contribution in [3.63, 3.8) is 0 Å². The molecule has 0 aromatic heterocycles. The van der Waals surface area contributed by atoms with Crippen molar-refractivity contribution in [2.24, 2.45) is 5.92 Å². The molecule has 0 aliphatic carbocycles. The summed E-state index contributed by atoms with van der Waals surface area (Å²) in [6, 6.07) is 4.36. The van der Waals surface area contributed by atoms with E-state index in [9.17, 15) is 14.0 Å². The number of nitrogens with one attached hydrogen (secondary N) is 1. The minimum Gasteiger partial charge on any atom is -0.481 e. The van der Waals surface area contributed by atoms with Crippen LogP contribution in [0.3, 0.4) is 0 Å². The fourth-order valence-electron chi connectivity index (χ4n) is 1.75. The number of carboxylic acids is 1. The minimum atomic E-state index is -0.909. The van der Waals surface area contributed by atoms with Crippen molar-refractivity contribution in [1.29, 1.82) is 0 Å². The molecule has 0 spiro atoms. The molecule has 1 unspecified atom stereocenters. The number of rotatable bonds is 7. The van der Waals surface area contributed by atoms with Gasteiger partial charge >= 0.3 is 5.97 Å². The topological polar surface area (TPSA) is 69.6 Å². The number of halogens is 2. The van der Waals surface area contributed by atoms with E-state index >= 15 is 0 Å². The summed E-state index contributed by atoms with van der Waals surface area (Å²) in [6.07, 6.45) is 0. The van der Waals surface area contributed by atoms with Crippen molar-refractivity contribution in [3.05, 3.63) is 28.5 Å². The zero-order chi connectivity index (χ0) is 16.0. The quantitative estimate of drug-likeness (QED) is 0.783. The van der Waals surface area contributed by atoms with Crippen molar-refractivity contribution < 1.29 is 19.1 Å². The second-order valence-corrected chi connectivity index (χ2v) is 5.66. The molecule has 0 aliphatic heterocycles. The second-order valence-electron chi connectivity index (χ2n) is 4.74. The van der Waals surface area contributed by atoms with Crippen LogP contribution >= 0.6 is 15.9 Å². The number of amides is 1. The second kappa shape index (κ2) is 8.09. The van der Waals surface area contributed by atoms with E-state index in [0.29, 0.717) is 11.0 Å². The fraction of sp³-hybridized carbons (Fsp3) is 0.429. The molecule has 116 valence electrons. The van der Waals surface area contributed by atoms with E-state index in [1.165, 1.54) is 12.1 Å². The summed E-state index contributed by atoms with van der Waals surface area (Å²) in [5.74, 6) is -2.38. The third-order valence-corrected chi connectivity index (χ3v) is 3.47. The first-order chi connectivity index (χ1) is 9.83. The summed E-state index contributed by atoms with van der Waals surface area (Å²) in [4.78, 5) is 24.4. The maximum atomic E-state index is 13.6. The van der Waals surface area contributed by atoms with Crippen molar-refractivity contribution in [3.8, 4) is 0 Å². The van der Waals surface area contributed by atoms with Crippen LogP contribution in [0.5, 0.6) is 0 Å². The molecule has 1 aromatic carbocycles. The maximum absolute atomic E-state index is 13.6. The van der Waals surface area contributed by atoms with E-state index in [-0.39, 0.29) is 24.7 Å². The van der Waals surface area contributed by atoms with E-state index in [2.05, 4.69) is 21.2 Å². The summed E-state index contributed by atoms with van der Waals surface area (Å²) < 4.78 is 14.2. The van der Waals surface area contributed by atoms with Gasteiger partial charge in [0, 0.05) is 11.0 Å². The Morgan fingerprint density at radius 1 is 1.48 bits per heavy atom. The number of nitrogens with zero attached hydrogens (tertiary/aromatic N) is 1. The van der Waals surface area contributed by atoms with Gasteiger partial charge in [-0.1, -0.05) is 29.8 Å². The molecular formula is C14H18BrFN2O3. The lowest BCUT2D eigenvalue weighted by Crippen LogP contribution is -2.37. The monoisotopic (exact) mass is 360 g/mol. The summed E-state index contributed by atoms with van der Waals surface area (Å²) in [6.45, 7) is 4.24. The highest BCUT2D eigenvalue weighted by Crippen LogP contribution is 2.19. The molecule has 1 rings (SSSR count). The average Bonchev–Trinajstić information content (AvgIpc) is 2.40. The van der Waals surface area contributed by atoms with Gasteiger partial charge in [-0.15, -0.1) is 0 Å². The first-order valence-electron chi connectivity index (χ1n) is 6.53. The highest BCUT2D eigenvalue weighted by atomic mass is 79.9. The van der Waals surface area contributed by atoms with Crippen LogP contribution in [0.15, 0.2) is 22.7 Å². The van der Waals surface area contributed by atoms with Crippen LogP contribution in [0.4, 0.5) is 10.1 Å². The molecule has 2 N–H and O–H groups in total. The number of carbonyl (C=O) groups is 2. The molecule has 0 aliphatic rings. The van der Waals surface area contributed by atoms with Crippen LogP contribution < -0.4 is 5.32 Å². The van der Waals surface area contributed by atoms with E-state index in [1.54, 1.807) is 17.9 Å². The minimum absolute atomic E-state index is 0.0175. The van der Waals surface area contributed by atoms with E-state index in [1.807, 2.05) is 6.92 Å². The third-order valence-electron chi connectivity index (χ3n) is 2.97. The van der Waals surface area contributed by atoms with E-state index < -0.39 is 17.7 Å². The van der Waals surface area contributed by atoms with Crippen LogP contribution in [0.25, 0.3) is 0 Å². The zero-order valence-electron chi connectivity index (χ0n) is 11.9. The average molecular weight is 361 g/mol. The Morgan fingerprint density at radius 2 is 2.14 bits per heavy atom. The number of likely N-dealkylation sites (N-methyl/N-ethyl adjacent to an activating group) is 1. The smallest absolute Gasteiger partial charge is 0.307 e. The highest BCUT2D eigenvalue weighted by Gasteiger charge is 2.17. The Kier molecular flexibility index (Phi) is 6.77. The number of aliphatic carboxylic acids is 1. The van der Waals surface area contributed by atoms with Gasteiger partial charge in [0.25, 0.3) is 0 Å². The molecule has 5 nitrogen and oxygen atoms in total.